The second-order valence-corrected chi connectivity index (χ2v) is 5.29. The van der Waals surface area contributed by atoms with Gasteiger partial charge in [-0.05, 0) is 36.8 Å². The van der Waals surface area contributed by atoms with Crippen molar-refractivity contribution < 1.29 is 19.0 Å². The number of nitrogens with one attached hydrogen (secondary N) is 1. The van der Waals surface area contributed by atoms with Crippen molar-refractivity contribution >= 4 is 5.91 Å². The molecule has 3 rings (SSSR count). The van der Waals surface area contributed by atoms with Gasteiger partial charge in [0.05, 0.1) is 6.04 Å². The zero-order valence-corrected chi connectivity index (χ0v) is 13.0. The number of amides is 1. The molecule has 120 valence electrons. The van der Waals surface area contributed by atoms with Gasteiger partial charge in [0.25, 0.3) is 5.91 Å². The van der Waals surface area contributed by atoms with Crippen molar-refractivity contribution in [3.8, 4) is 17.2 Å². The fourth-order valence-corrected chi connectivity index (χ4v) is 2.36. The molecule has 0 aromatic heterocycles. The lowest BCUT2D eigenvalue weighted by molar-refractivity contribution is -0.123. The summed E-state index contributed by atoms with van der Waals surface area (Å²) in [5.41, 5.74) is 0.960. The van der Waals surface area contributed by atoms with Gasteiger partial charge in [-0.15, -0.1) is 0 Å². The van der Waals surface area contributed by atoms with E-state index in [0.29, 0.717) is 19.0 Å². The van der Waals surface area contributed by atoms with E-state index >= 15 is 0 Å². The molecule has 1 amide bonds. The first kappa shape index (κ1) is 15.2. The lowest BCUT2D eigenvalue weighted by Crippen LogP contribution is -2.31. The van der Waals surface area contributed by atoms with Gasteiger partial charge in [-0.3, -0.25) is 4.79 Å². The van der Waals surface area contributed by atoms with Crippen molar-refractivity contribution in [1.29, 1.82) is 0 Å². The average Bonchev–Trinajstić information content (AvgIpc) is 2.60. The van der Waals surface area contributed by atoms with Crippen molar-refractivity contribution in [2.75, 3.05) is 19.8 Å². The Morgan fingerprint density at radius 3 is 2.65 bits per heavy atom. The second kappa shape index (κ2) is 7.05. The van der Waals surface area contributed by atoms with Crippen LogP contribution in [-0.4, -0.2) is 25.7 Å². The standard InChI is InChI=1S/C18H19NO4/c1-13(14-7-8-16-17(11-14)22-10-9-21-16)19-18(20)12-23-15-5-3-2-4-6-15/h2-8,11,13H,9-10,12H2,1H3,(H,19,20). The number of carbonyl (C=O) groups is 1. The predicted octanol–water partition coefficient (Wildman–Crippen LogP) is 2.71. The lowest BCUT2D eigenvalue weighted by atomic mass is 10.1. The number of rotatable bonds is 5. The second-order valence-electron chi connectivity index (χ2n) is 5.29. The number of para-hydroxylation sites is 1. The smallest absolute Gasteiger partial charge is 0.258 e. The molecule has 0 saturated heterocycles. The van der Waals surface area contributed by atoms with Crippen LogP contribution in [0.2, 0.25) is 0 Å². The fraction of sp³-hybridized carbons (Fsp3) is 0.278. The zero-order chi connectivity index (χ0) is 16.1. The Hall–Kier alpha value is -2.69. The zero-order valence-electron chi connectivity index (χ0n) is 13.0. The van der Waals surface area contributed by atoms with Crippen LogP contribution in [0.3, 0.4) is 0 Å². The normalized spacial score (nSPS) is 14.0. The van der Waals surface area contributed by atoms with Crippen LogP contribution in [-0.2, 0) is 4.79 Å². The van der Waals surface area contributed by atoms with E-state index in [1.54, 1.807) is 0 Å². The third-order valence-electron chi connectivity index (χ3n) is 3.56. The highest BCUT2D eigenvalue weighted by Crippen LogP contribution is 2.32. The van der Waals surface area contributed by atoms with Gasteiger partial charge < -0.3 is 19.5 Å². The van der Waals surface area contributed by atoms with Gasteiger partial charge in [-0.2, -0.15) is 0 Å². The molecule has 0 fully saturated rings. The Kier molecular flexibility index (Phi) is 4.66. The van der Waals surface area contributed by atoms with E-state index in [9.17, 15) is 4.79 Å². The largest absolute Gasteiger partial charge is 0.486 e. The van der Waals surface area contributed by atoms with Gasteiger partial charge in [-0.25, -0.2) is 0 Å². The summed E-state index contributed by atoms with van der Waals surface area (Å²) in [6, 6.07) is 14.8. The first-order valence-electron chi connectivity index (χ1n) is 7.59. The maximum atomic E-state index is 12.0. The summed E-state index contributed by atoms with van der Waals surface area (Å²) in [7, 11) is 0. The predicted molar refractivity (Wildman–Crippen MR) is 85.9 cm³/mol. The highest BCUT2D eigenvalue weighted by atomic mass is 16.6. The quantitative estimate of drug-likeness (QED) is 0.922. The summed E-state index contributed by atoms with van der Waals surface area (Å²) in [6.45, 7) is 3.02. The van der Waals surface area contributed by atoms with Crippen LogP contribution in [0.5, 0.6) is 17.2 Å². The minimum Gasteiger partial charge on any atom is -0.486 e. The minimum absolute atomic E-state index is 0.0150. The van der Waals surface area contributed by atoms with E-state index < -0.39 is 0 Å². The number of benzene rings is 2. The van der Waals surface area contributed by atoms with Crippen molar-refractivity contribution in [3.63, 3.8) is 0 Å². The third-order valence-corrected chi connectivity index (χ3v) is 3.56. The molecule has 2 aromatic rings. The molecule has 0 aliphatic carbocycles. The topological polar surface area (TPSA) is 56.8 Å². The summed E-state index contributed by atoms with van der Waals surface area (Å²) in [5, 5.41) is 2.91. The van der Waals surface area contributed by atoms with Gasteiger partial charge >= 0.3 is 0 Å². The first-order valence-corrected chi connectivity index (χ1v) is 7.59. The molecule has 1 aliphatic heterocycles. The third kappa shape index (κ3) is 3.94. The molecule has 0 radical (unpaired) electrons. The summed E-state index contributed by atoms with van der Waals surface area (Å²) >= 11 is 0. The fourth-order valence-electron chi connectivity index (χ4n) is 2.36. The van der Waals surface area contributed by atoms with E-state index in [-0.39, 0.29) is 18.6 Å². The molecule has 5 heteroatoms. The van der Waals surface area contributed by atoms with Crippen LogP contribution >= 0.6 is 0 Å². The van der Waals surface area contributed by atoms with Crippen LogP contribution in [0.15, 0.2) is 48.5 Å². The maximum Gasteiger partial charge on any atom is 0.258 e. The summed E-state index contributed by atoms with van der Waals surface area (Å²) in [4.78, 5) is 12.0. The molecule has 1 atom stereocenters. The van der Waals surface area contributed by atoms with Gasteiger partial charge in [0, 0.05) is 0 Å². The van der Waals surface area contributed by atoms with E-state index in [2.05, 4.69) is 5.32 Å². The average molecular weight is 313 g/mol. The maximum absolute atomic E-state index is 12.0. The Balaban J connectivity index is 1.56. The summed E-state index contributed by atoms with van der Waals surface area (Å²) < 4.78 is 16.5. The van der Waals surface area contributed by atoms with Crippen LogP contribution in [0, 0.1) is 0 Å². The van der Waals surface area contributed by atoms with Gasteiger partial charge in [0.1, 0.15) is 19.0 Å². The molecule has 1 aliphatic rings. The van der Waals surface area contributed by atoms with E-state index in [4.69, 9.17) is 14.2 Å². The molecule has 1 heterocycles. The molecule has 1 N–H and O–H groups in total. The minimum atomic E-state index is -0.170. The number of hydrogen-bond acceptors (Lipinski definition) is 4. The molecule has 1 unspecified atom stereocenters. The van der Waals surface area contributed by atoms with Crippen molar-refractivity contribution in [2.45, 2.75) is 13.0 Å². The molecular formula is C18H19NO4. The Morgan fingerprint density at radius 1 is 1.13 bits per heavy atom. The SMILES string of the molecule is CC(NC(=O)COc1ccccc1)c1ccc2c(c1)OCCO2. The van der Waals surface area contributed by atoms with Crippen LogP contribution in [0.1, 0.15) is 18.5 Å². The molecule has 0 saturated carbocycles. The van der Waals surface area contributed by atoms with Crippen LogP contribution in [0.25, 0.3) is 0 Å². The van der Waals surface area contributed by atoms with Crippen LogP contribution < -0.4 is 19.5 Å². The first-order chi connectivity index (χ1) is 11.2. The monoisotopic (exact) mass is 313 g/mol. The summed E-state index contributed by atoms with van der Waals surface area (Å²) in [5.74, 6) is 1.96. The molecule has 0 bridgehead atoms. The van der Waals surface area contributed by atoms with E-state index in [1.165, 1.54) is 0 Å². The van der Waals surface area contributed by atoms with Gasteiger partial charge in [0.15, 0.2) is 18.1 Å². The number of fused-ring (bicyclic) bond motifs is 1. The Morgan fingerprint density at radius 2 is 1.87 bits per heavy atom. The van der Waals surface area contributed by atoms with Crippen molar-refractivity contribution in [1.82, 2.24) is 5.32 Å². The summed E-state index contributed by atoms with van der Waals surface area (Å²) in [6.07, 6.45) is 0. The Labute approximate surface area is 135 Å². The molecule has 23 heavy (non-hydrogen) atoms. The van der Waals surface area contributed by atoms with Gasteiger partial charge in [-0.1, -0.05) is 24.3 Å². The highest BCUT2D eigenvalue weighted by Gasteiger charge is 2.16. The molecule has 0 spiro atoms. The number of carbonyl (C=O) groups excluding carboxylic acids is 1. The van der Waals surface area contributed by atoms with E-state index in [0.717, 1.165) is 17.1 Å². The van der Waals surface area contributed by atoms with Crippen molar-refractivity contribution in [2.24, 2.45) is 0 Å². The van der Waals surface area contributed by atoms with E-state index in [1.807, 2.05) is 55.5 Å². The molecule has 2 aromatic carbocycles. The van der Waals surface area contributed by atoms with Gasteiger partial charge in [0.2, 0.25) is 0 Å². The lowest BCUT2D eigenvalue weighted by Gasteiger charge is -2.21. The number of ether oxygens (including phenoxy) is 3. The Bertz CT molecular complexity index is 672. The number of hydrogen-bond donors (Lipinski definition) is 1. The highest BCUT2D eigenvalue weighted by molar-refractivity contribution is 5.78. The van der Waals surface area contributed by atoms with Crippen molar-refractivity contribution in [3.05, 3.63) is 54.1 Å². The van der Waals surface area contributed by atoms with Crippen LogP contribution in [0.4, 0.5) is 0 Å². The molecule has 5 nitrogen and oxygen atoms in total. The molecular weight excluding hydrogens is 294 g/mol.